The minimum absolute atomic E-state index is 0.00291. The van der Waals surface area contributed by atoms with E-state index < -0.39 is 0 Å². The lowest BCUT2D eigenvalue weighted by molar-refractivity contribution is -0.125. The van der Waals surface area contributed by atoms with E-state index in [0.29, 0.717) is 18.2 Å². The smallest absolute Gasteiger partial charge is 0.254 e. The molecular formula is C16H20N2O3. The number of rotatable bonds is 4. The number of likely N-dealkylation sites (tertiary alicyclic amines) is 1. The fraction of sp³-hybridized carbons (Fsp3) is 0.500. The van der Waals surface area contributed by atoms with Gasteiger partial charge in [0.2, 0.25) is 5.91 Å². The molecule has 1 aromatic carbocycles. The van der Waals surface area contributed by atoms with E-state index in [4.69, 9.17) is 4.74 Å². The number of hydrogen-bond acceptors (Lipinski definition) is 3. The number of benzene rings is 1. The largest absolute Gasteiger partial charge is 0.497 e. The van der Waals surface area contributed by atoms with E-state index in [1.165, 1.54) is 0 Å². The van der Waals surface area contributed by atoms with Crippen LogP contribution in [-0.4, -0.2) is 42.5 Å². The summed E-state index contributed by atoms with van der Waals surface area (Å²) in [5, 5.41) is 3.00. The summed E-state index contributed by atoms with van der Waals surface area (Å²) < 4.78 is 5.10. The van der Waals surface area contributed by atoms with Gasteiger partial charge in [0.25, 0.3) is 5.91 Å². The molecule has 0 spiro atoms. The summed E-state index contributed by atoms with van der Waals surface area (Å²) >= 11 is 0. The highest BCUT2D eigenvalue weighted by molar-refractivity contribution is 5.98. The third-order valence-electron chi connectivity index (χ3n) is 4.08. The number of carbonyl (C=O) groups excluding carboxylic acids is 2. The first-order valence-corrected chi connectivity index (χ1v) is 7.44. The Bertz CT molecular complexity index is 537. The van der Waals surface area contributed by atoms with Crippen molar-refractivity contribution >= 4 is 11.8 Å². The molecular weight excluding hydrogens is 268 g/mol. The molecule has 1 heterocycles. The van der Waals surface area contributed by atoms with Gasteiger partial charge in [0.15, 0.2) is 0 Å². The molecule has 0 bridgehead atoms. The quantitative estimate of drug-likeness (QED) is 0.915. The zero-order valence-corrected chi connectivity index (χ0v) is 12.2. The van der Waals surface area contributed by atoms with Crippen molar-refractivity contribution in [3.8, 4) is 5.75 Å². The van der Waals surface area contributed by atoms with E-state index in [1.807, 2.05) is 0 Å². The third-order valence-corrected chi connectivity index (χ3v) is 4.08. The van der Waals surface area contributed by atoms with Gasteiger partial charge in [-0.1, -0.05) is 0 Å². The van der Waals surface area contributed by atoms with Crippen LogP contribution in [0.1, 0.15) is 36.0 Å². The Morgan fingerprint density at radius 2 is 1.90 bits per heavy atom. The highest BCUT2D eigenvalue weighted by Gasteiger charge is 2.36. The fourth-order valence-electron chi connectivity index (χ4n) is 2.71. The van der Waals surface area contributed by atoms with Gasteiger partial charge in [-0.15, -0.1) is 0 Å². The lowest BCUT2D eigenvalue weighted by atomic mass is 10.1. The summed E-state index contributed by atoms with van der Waals surface area (Å²) in [5.74, 6) is 0.638. The molecule has 1 aliphatic heterocycles. The Morgan fingerprint density at radius 1 is 1.19 bits per heavy atom. The lowest BCUT2D eigenvalue weighted by Crippen LogP contribution is -2.46. The maximum absolute atomic E-state index is 12.6. The molecule has 21 heavy (non-hydrogen) atoms. The maximum Gasteiger partial charge on any atom is 0.254 e. The van der Waals surface area contributed by atoms with Crippen LogP contribution < -0.4 is 10.1 Å². The summed E-state index contributed by atoms with van der Waals surface area (Å²) in [6, 6.07) is 7.03. The minimum Gasteiger partial charge on any atom is -0.497 e. The minimum atomic E-state index is -0.319. The van der Waals surface area contributed by atoms with Gasteiger partial charge in [-0.3, -0.25) is 9.59 Å². The molecule has 5 nitrogen and oxygen atoms in total. The van der Waals surface area contributed by atoms with Crippen molar-refractivity contribution in [2.45, 2.75) is 37.8 Å². The van der Waals surface area contributed by atoms with Gasteiger partial charge in [-0.25, -0.2) is 0 Å². The topological polar surface area (TPSA) is 58.6 Å². The molecule has 2 aliphatic rings. The van der Waals surface area contributed by atoms with Gasteiger partial charge in [-0.05, 0) is 49.9 Å². The molecule has 2 amide bonds. The Kier molecular flexibility index (Phi) is 3.82. The van der Waals surface area contributed by atoms with Crippen LogP contribution in [0.25, 0.3) is 0 Å². The first-order chi connectivity index (χ1) is 10.2. The number of ether oxygens (including phenoxy) is 1. The average Bonchev–Trinajstić information content (AvgIpc) is 3.18. The van der Waals surface area contributed by atoms with Crippen molar-refractivity contribution < 1.29 is 14.3 Å². The first-order valence-electron chi connectivity index (χ1n) is 7.44. The van der Waals surface area contributed by atoms with Crippen LogP contribution in [0, 0.1) is 0 Å². The summed E-state index contributed by atoms with van der Waals surface area (Å²) in [4.78, 5) is 26.5. The number of nitrogens with zero attached hydrogens (tertiary/aromatic N) is 1. The van der Waals surface area contributed by atoms with Crippen LogP contribution >= 0.6 is 0 Å². The van der Waals surface area contributed by atoms with Gasteiger partial charge < -0.3 is 15.0 Å². The fourth-order valence-corrected chi connectivity index (χ4v) is 2.71. The second kappa shape index (κ2) is 5.76. The summed E-state index contributed by atoms with van der Waals surface area (Å²) in [7, 11) is 1.59. The van der Waals surface area contributed by atoms with Gasteiger partial charge in [0.05, 0.1) is 7.11 Å². The molecule has 5 heteroatoms. The Hall–Kier alpha value is -2.04. The SMILES string of the molecule is COc1ccc(C(=O)N2CCC[C@H]2C(=O)NC2CC2)cc1. The molecule has 1 N–H and O–H groups in total. The standard InChI is InChI=1S/C16H20N2O3/c1-21-13-8-4-11(5-9-13)16(20)18-10-2-3-14(18)15(19)17-12-6-7-12/h4-5,8-9,12,14H,2-3,6-7,10H2,1H3,(H,17,19)/t14-/m0/s1. The van der Waals surface area contributed by atoms with E-state index >= 15 is 0 Å². The molecule has 0 radical (unpaired) electrons. The number of hydrogen-bond donors (Lipinski definition) is 1. The summed E-state index contributed by atoms with van der Waals surface area (Å²) in [6.07, 6.45) is 3.75. The second-order valence-electron chi connectivity index (χ2n) is 5.67. The summed E-state index contributed by atoms with van der Waals surface area (Å²) in [5.41, 5.74) is 0.599. The van der Waals surface area contributed by atoms with Crippen molar-refractivity contribution in [1.82, 2.24) is 10.2 Å². The summed E-state index contributed by atoms with van der Waals surface area (Å²) in [6.45, 7) is 0.646. The molecule has 1 aliphatic carbocycles. The zero-order valence-electron chi connectivity index (χ0n) is 12.2. The van der Waals surface area contributed by atoms with Gasteiger partial charge >= 0.3 is 0 Å². The third kappa shape index (κ3) is 3.01. The molecule has 1 atom stereocenters. The van der Waals surface area contributed by atoms with Crippen LogP contribution in [0.4, 0.5) is 0 Å². The van der Waals surface area contributed by atoms with Crippen molar-refractivity contribution in [3.63, 3.8) is 0 Å². The second-order valence-corrected chi connectivity index (χ2v) is 5.67. The van der Waals surface area contributed by atoms with Crippen LogP contribution in [0.5, 0.6) is 5.75 Å². The molecule has 3 rings (SSSR count). The normalized spacial score (nSPS) is 21.2. The number of carbonyl (C=O) groups is 2. The molecule has 0 aromatic heterocycles. The van der Waals surface area contributed by atoms with E-state index in [9.17, 15) is 9.59 Å². The molecule has 112 valence electrons. The van der Waals surface area contributed by atoms with Crippen molar-refractivity contribution in [2.75, 3.05) is 13.7 Å². The predicted molar refractivity (Wildman–Crippen MR) is 78.2 cm³/mol. The lowest BCUT2D eigenvalue weighted by Gasteiger charge is -2.24. The van der Waals surface area contributed by atoms with Crippen LogP contribution in [-0.2, 0) is 4.79 Å². The van der Waals surface area contributed by atoms with Crippen molar-refractivity contribution in [3.05, 3.63) is 29.8 Å². The maximum atomic E-state index is 12.6. The highest BCUT2D eigenvalue weighted by Crippen LogP contribution is 2.24. The van der Waals surface area contributed by atoms with E-state index in [2.05, 4.69) is 5.32 Å². The van der Waals surface area contributed by atoms with E-state index in [-0.39, 0.29) is 17.9 Å². The number of amides is 2. The molecule has 1 saturated heterocycles. The molecule has 1 saturated carbocycles. The van der Waals surface area contributed by atoms with Gasteiger partial charge in [-0.2, -0.15) is 0 Å². The molecule has 2 fully saturated rings. The predicted octanol–water partition coefficient (Wildman–Crippen LogP) is 1.58. The Labute approximate surface area is 124 Å². The average molecular weight is 288 g/mol. The zero-order chi connectivity index (χ0) is 14.8. The Balaban J connectivity index is 1.70. The van der Waals surface area contributed by atoms with Gasteiger partial charge in [0, 0.05) is 18.2 Å². The number of nitrogens with one attached hydrogen (secondary N) is 1. The Morgan fingerprint density at radius 3 is 2.52 bits per heavy atom. The molecule has 0 unspecified atom stereocenters. The monoisotopic (exact) mass is 288 g/mol. The molecule has 1 aromatic rings. The number of methoxy groups -OCH3 is 1. The van der Waals surface area contributed by atoms with Crippen molar-refractivity contribution in [1.29, 1.82) is 0 Å². The van der Waals surface area contributed by atoms with Crippen LogP contribution in [0.15, 0.2) is 24.3 Å². The van der Waals surface area contributed by atoms with E-state index in [0.717, 1.165) is 31.4 Å². The van der Waals surface area contributed by atoms with E-state index in [1.54, 1.807) is 36.3 Å². The van der Waals surface area contributed by atoms with Crippen LogP contribution in [0.3, 0.4) is 0 Å². The van der Waals surface area contributed by atoms with Gasteiger partial charge in [0.1, 0.15) is 11.8 Å². The van der Waals surface area contributed by atoms with Crippen molar-refractivity contribution in [2.24, 2.45) is 0 Å². The van der Waals surface area contributed by atoms with Crippen LogP contribution in [0.2, 0.25) is 0 Å². The first kappa shape index (κ1) is 13.9. The highest BCUT2D eigenvalue weighted by atomic mass is 16.5.